The molecule has 74 valence electrons. The van der Waals surface area contributed by atoms with Crippen LogP contribution < -0.4 is 0 Å². The minimum atomic E-state index is 1.08. The molecule has 2 heteroatoms. The summed E-state index contributed by atoms with van der Waals surface area (Å²) in [5.74, 6) is 0. The van der Waals surface area contributed by atoms with Gasteiger partial charge in [-0.05, 0) is 24.1 Å². The molecule has 3 aromatic rings. The quantitative estimate of drug-likeness (QED) is 0.595. The van der Waals surface area contributed by atoms with Gasteiger partial charge in [0.2, 0.25) is 0 Å². The van der Waals surface area contributed by atoms with E-state index in [4.69, 9.17) is 0 Å². The van der Waals surface area contributed by atoms with Crippen molar-refractivity contribution in [3.05, 3.63) is 42.1 Å². The Bertz CT molecular complexity index is 625. The topological polar surface area (TPSA) is 12.9 Å². The van der Waals surface area contributed by atoms with Crippen molar-refractivity contribution >= 4 is 31.6 Å². The lowest BCUT2D eigenvalue weighted by Crippen LogP contribution is -1.81. The Balaban J connectivity index is 2.53. The van der Waals surface area contributed by atoms with Gasteiger partial charge in [-0.15, -0.1) is 11.3 Å². The third-order valence-corrected chi connectivity index (χ3v) is 3.96. The fourth-order valence-electron chi connectivity index (χ4n) is 1.93. The lowest BCUT2D eigenvalue weighted by atomic mass is 10.1. The van der Waals surface area contributed by atoms with Gasteiger partial charge in [0.15, 0.2) is 0 Å². The molecule has 1 nitrogen and oxygen atoms in total. The van der Waals surface area contributed by atoms with Crippen LogP contribution in [0.25, 0.3) is 20.3 Å². The van der Waals surface area contributed by atoms with Crippen LogP contribution >= 0.6 is 11.3 Å². The second-order valence-corrected chi connectivity index (χ2v) is 4.65. The average molecular weight is 213 g/mol. The zero-order valence-electron chi connectivity index (χ0n) is 8.53. The van der Waals surface area contributed by atoms with Crippen LogP contribution in [0.5, 0.6) is 0 Å². The van der Waals surface area contributed by atoms with E-state index in [9.17, 15) is 0 Å². The molecular formula is C13H11NS. The van der Waals surface area contributed by atoms with Crippen LogP contribution in [0.4, 0.5) is 0 Å². The number of nitrogens with zero attached hydrogens (tertiary/aromatic N) is 1. The Labute approximate surface area is 92.4 Å². The zero-order chi connectivity index (χ0) is 10.3. The van der Waals surface area contributed by atoms with E-state index in [1.165, 1.54) is 20.3 Å². The second kappa shape index (κ2) is 3.31. The van der Waals surface area contributed by atoms with Crippen molar-refractivity contribution in [1.29, 1.82) is 0 Å². The number of hydrogen-bond acceptors (Lipinski definition) is 2. The normalized spacial score (nSPS) is 11.3. The molecule has 1 aromatic carbocycles. The summed E-state index contributed by atoms with van der Waals surface area (Å²) in [7, 11) is 0. The molecule has 0 unspecified atom stereocenters. The number of thiophene rings is 1. The summed E-state index contributed by atoms with van der Waals surface area (Å²) in [5.41, 5.74) is 2.57. The molecule has 0 saturated carbocycles. The van der Waals surface area contributed by atoms with Crippen LogP contribution in [0.1, 0.15) is 12.5 Å². The first-order valence-corrected chi connectivity index (χ1v) is 5.97. The molecular weight excluding hydrogens is 202 g/mol. The lowest BCUT2D eigenvalue weighted by molar-refractivity contribution is 1.15. The first kappa shape index (κ1) is 8.86. The van der Waals surface area contributed by atoms with Crippen molar-refractivity contribution < 1.29 is 0 Å². The van der Waals surface area contributed by atoms with Gasteiger partial charge in [0.1, 0.15) is 0 Å². The van der Waals surface area contributed by atoms with Crippen LogP contribution in [0, 0.1) is 0 Å². The van der Waals surface area contributed by atoms with Crippen LogP contribution in [0.15, 0.2) is 36.5 Å². The minimum absolute atomic E-state index is 1.08. The maximum Gasteiger partial charge on any atom is 0.0891 e. The van der Waals surface area contributed by atoms with E-state index >= 15 is 0 Å². The van der Waals surface area contributed by atoms with Crippen molar-refractivity contribution in [2.45, 2.75) is 13.3 Å². The fraction of sp³-hybridized carbons (Fsp3) is 0.154. The molecule has 0 atom stereocenters. The number of pyridine rings is 1. The Morgan fingerprint density at radius 1 is 1.20 bits per heavy atom. The van der Waals surface area contributed by atoms with Gasteiger partial charge in [-0.2, -0.15) is 0 Å². The van der Waals surface area contributed by atoms with Crippen LogP contribution in [-0.4, -0.2) is 4.98 Å². The van der Waals surface area contributed by atoms with Gasteiger partial charge >= 0.3 is 0 Å². The van der Waals surface area contributed by atoms with Crippen molar-refractivity contribution in [2.24, 2.45) is 0 Å². The number of hydrogen-bond donors (Lipinski definition) is 0. The highest BCUT2D eigenvalue weighted by Gasteiger charge is 2.07. The largest absolute Gasteiger partial charge is 0.255 e. The predicted octanol–water partition coefficient (Wildman–Crippen LogP) is 4.01. The molecule has 0 bridgehead atoms. The number of fused-ring (bicyclic) bond motifs is 3. The van der Waals surface area contributed by atoms with Gasteiger partial charge in [-0.3, -0.25) is 4.98 Å². The Morgan fingerprint density at radius 2 is 2.07 bits per heavy atom. The van der Waals surface area contributed by atoms with Gasteiger partial charge in [0.25, 0.3) is 0 Å². The predicted molar refractivity (Wildman–Crippen MR) is 66.5 cm³/mol. The van der Waals surface area contributed by atoms with Crippen LogP contribution in [-0.2, 0) is 6.42 Å². The van der Waals surface area contributed by atoms with Gasteiger partial charge in [0, 0.05) is 16.3 Å². The highest BCUT2D eigenvalue weighted by molar-refractivity contribution is 7.25. The minimum Gasteiger partial charge on any atom is -0.255 e. The van der Waals surface area contributed by atoms with E-state index in [0.717, 1.165) is 11.9 Å². The second-order valence-electron chi connectivity index (χ2n) is 3.60. The highest BCUT2D eigenvalue weighted by atomic mass is 32.1. The van der Waals surface area contributed by atoms with E-state index in [-0.39, 0.29) is 0 Å². The molecule has 0 N–H and O–H groups in total. The number of aryl methyl sites for hydroxylation is 1. The van der Waals surface area contributed by atoms with Gasteiger partial charge in [0.05, 0.1) is 10.2 Å². The standard InChI is InChI=1S/C13H11NS/c1-2-9-7-8-14-12-10-5-3-4-6-11(10)15-13(9)12/h3-8H,2H2,1H3. The summed E-state index contributed by atoms with van der Waals surface area (Å²) >= 11 is 1.85. The van der Waals surface area contributed by atoms with Gasteiger partial charge < -0.3 is 0 Å². The number of benzene rings is 1. The maximum atomic E-state index is 4.49. The maximum absolute atomic E-state index is 4.49. The summed E-state index contributed by atoms with van der Waals surface area (Å²) in [6.45, 7) is 2.19. The van der Waals surface area contributed by atoms with Crippen molar-refractivity contribution in [1.82, 2.24) is 4.98 Å². The zero-order valence-corrected chi connectivity index (χ0v) is 9.34. The highest BCUT2D eigenvalue weighted by Crippen LogP contribution is 2.34. The Kier molecular flexibility index (Phi) is 1.96. The molecule has 15 heavy (non-hydrogen) atoms. The van der Waals surface area contributed by atoms with Crippen molar-refractivity contribution in [3.8, 4) is 0 Å². The summed E-state index contributed by atoms with van der Waals surface area (Å²) in [6.07, 6.45) is 2.99. The molecule has 0 aliphatic carbocycles. The lowest BCUT2D eigenvalue weighted by Gasteiger charge is -1.96. The fourth-order valence-corrected chi connectivity index (χ4v) is 3.18. The molecule has 2 heterocycles. The first-order valence-electron chi connectivity index (χ1n) is 5.15. The molecule has 0 saturated heterocycles. The summed E-state index contributed by atoms with van der Waals surface area (Å²) in [4.78, 5) is 4.49. The average Bonchev–Trinajstić information content (AvgIpc) is 2.67. The van der Waals surface area contributed by atoms with Crippen molar-refractivity contribution in [2.75, 3.05) is 0 Å². The Hall–Kier alpha value is -1.41. The molecule has 0 radical (unpaired) electrons. The van der Waals surface area contributed by atoms with Crippen molar-refractivity contribution in [3.63, 3.8) is 0 Å². The number of aromatic nitrogens is 1. The molecule has 0 spiro atoms. The third kappa shape index (κ3) is 1.25. The van der Waals surface area contributed by atoms with E-state index in [2.05, 4.69) is 42.2 Å². The molecule has 0 amide bonds. The van der Waals surface area contributed by atoms with Crippen LogP contribution in [0.2, 0.25) is 0 Å². The molecule has 0 aliphatic heterocycles. The van der Waals surface area contributed by atoms with E-state index in [1.54, 1.807) is 0 Å². The van der Waals surface area contributed by atoms with E-state index < -0.39 is 0 Å². The van der Waals surface area contributed by atoms with Crippen LogP contribution in [0.3, 0.4) is 0 Å². The van der Waals surface area contributed by atoms with E-state index in [0.29, 0.717) is 0 Å². The van der Waals surface area contributed by atoms with Gasteiger partial charge in [-0.1, -0.05) is 25.1 Å². The smallest absolute Gasteiger partial charge is 0.0891 e. The summed E-state index contributed by atoms with van der Waals surface area (Å²) < 4.78 is 2.68. The molecule has 0 aliphatic rings. The summed E-state index contributed by atoms with van der Waals surface area (Å²) in [6, 6.07) is 10.6. The summed E-state index contributed by atoms with van der Waals surface area (Å²) in [5, 5.41) is 1.28. The monoisotopic (exact) mass is 213 g/mol. The number of rotatable bonds is 1. The first-order chi connectivity index (χ1) is 7.40. The third-order valence-electron chi connectivity index (χ3n) is 2.72. The molecule has 0 fully saturated rings. The SMILES string of the molecule is CCc1ccnc2c1sc1ccccc12. The Morgan fingerprint density at radius 3 is 2.93 bits per heavy atom. The molecule has 3 rings (SSSR count). The van der Waals surface area contributed by atoms with Gasteiger partial charge in [-0.25, -0.2) is 0 Å². The molecule has 2 aromatic heterocycles. The van der Waals surface area contributed by atoms with E-state index in [1.807, 2.05) is 17.5 Å².